The fourth-order valence-electron chi connectivity index (χ4n) is 4.70. The first-order chi connectivity index (χ1) is 18.0. The number of rotatable bonds is 8. The van der Waals surface area contributed by atoms with Crippen LogP contribution in [-0.4, -0.2) is 46.5 Å². The van der Waals surface area contributed by atoms with Gasteiger partial charge in [0.2, 0.25) is 17.9 Å². The Morgan fingerprint density at radius 3 is 2.59 bits per heavy atom. The number of aromatic nitrogens is 2. The van der Waals surface area contributed by atoms with Gasteiger partial charge < -0.3 is 26.0 Å². The van der Waals surface area contributed by atoms with Crippen LogP contribution in [0.1, 0.15) is 55.0 Å². The molecule has 2 aliphatic rings. The third-order valence-electron chi connectivity index (χ3n) is 6.62. The van der Waals surface area contributed by atoms with Crippen molar-refractivity contribution in [3.8, 4) is 5.88 Å². The number of carboxylic acid groups (broad SMARTS) is 1. The highest BCUT2D eigenvalue weighted by Crippen LogP contribution is 2.42. The van der Waals surface area contributed by atoms with Crippen molar-refractivity contribution in [2.75, 3.05) is 18.9 Å². The van der Waals surface area contributed by atoms with Gasteiger partial charge in [-0.15, -0.1) is 12.4 Å². The predicted octanol–water partition coefficient (Wildman–Crippen LogP) is 5.61. The third-order valence-corrected chi connectivity index (χ3v) is 6.85. The Balaban J connectivity index is 0.00000420. The number of benzene rings is 1. The minimum absolute atomic E-state index is 0. The summed E-state index contributed by atoms with van der Waals surface area (Å²) in [6.07, 6.45) is -0.957. The van der Waals surface area contributed by atoms with E-state index < -0.39 is 24.3 Å². The van der Waals surface area contributed by atoms with E-state index in [-0.39, 0.29) is 35.7 Å². The zero-order valence-corrected chi connectivity index (χ0v) is 22.4. The van der Waals surface area contributed by atoms with Crippen LogP contribution < -0.4 is 16.2 Å². The van der Waals surface area contributed by atoms with Gasteiger partial charge in [-0.3, -0.25) is 4.79 Å². The number of nitrogens with two attached hydrogens (primary N) is 2. The molecule has 39 heavy (non-hydrogen) atoms. The first-order valence-corrected chi connectivity index (χ1v) is 12.5. The molecule has 0 saturated heterocycles. The molecule has 13 heteroatoms. The maximum Gasteiger partial charge on any atom is 0.429 e. The van der Waals surface area contributed by atoms with E-state index in [2.05, 4.69) is 9.97 Å². The summed E-state index contributed by atoms with van der Waals surface area (Å²) >= 11 is 6.14. The normalized spacial score (nSPS) is 19.3. The van der Waals surface area contributed by atoms with Gasteiger partial charge in [-0.05, 0) is 66.9 Å². The molecule has 2 aromatic rings. The highest BCUT2D eigenvalue weighted by molar-refractivity contribution is 6.30. The summed E-state index contributed by atoms with van der Waals surface area (Å²) in [7, 11) is 0. The summed E-state index contributed by atoms with van der Waals surface area (Å²) in [6, 6.07) is 4.59. The van der Waals surface area contributed by atoms with E-state index in [1.54, 1.807) is 6.08 Å². The molecule has 0 bridgehead atoms. The maximum absolute atomic E-state index is 14.4. The van der Waals surface area contributed by atoms with Crippen LogP contribution in [0.2, 0.25) is 5.02 Å². The van der Waals surface area contributed by atoms with Crippen LogP contribution in [0, 0.1) is 5.92 Å². The van der Waals surface area contributed by atoms with Crippen LogP contribution in [0.25, 0.3) is 11.1 Å². The van der Waals surface area contributed by atoms with E-state index in [0.717, 1.165) is 5.57 Å². The summed E-state index contributed by atoms with van der Waals surface area (Å²) in [6.45, 7) is 0.683. The number of nitrogens with zero attached hydrogens (tertiary/aromatic N) is 2. The number of hydrogen-bond donors (Lipinski definition) is 3. The fourth-order valence-corrected chi connectivity index (χ4v) is 4.87. The second kappa shape index (κ2) is 13.0. The predicted molar refractivity (Wildman–Crippen MR) is 144 cm³/mol. The number of anilines is 1. The average Bonchev–Trinajstić information content (AvgIpc) is 2.87. The smallest absolute Gasteiger partial charge is 0.429 e. The number of ether oxygens (including phenoxy) is 2. The van der Waals surface area contributed by atoms with Gasteiger partial charge in [0.1, 0.15) is 6.04 Å². The van der Waals surface area contributed by atoms with Crippen LogP contribution in [0.4, 0.5) is 19.1 Å². The zero-order chi connectivity index (χ0) is 27.4. The monoisotopic (exact) mass is 588 g/mol. The minimum Gasteiger partial charge on any atom is -0.480 e. The summed E-state index contributed by atoms with van der Waals surface area (Å²) in [5.74, 6) is -1.51. The number of hydrogen-bond acceptors (Lipinski definition) is 7. The molecule has 2 heterocycles. The van der Waals surface area contributed by atoms with E-state index in [0.29, 0.717) is 67.2 Å². The Kier molecular flexibility index (Phi) is 10.2. The van der Waals surface area contributed by atoms with E-state index in [1.165, 1.54) is 24.3 Å². The quantitative estimate of drug-likeness (QED) is 0.362. The Hall–Kier alpha value is -2.86. The zero-order valence-electron chi connectivity index (χ0n) is 20.8. The Morgan fingerprint density at radius 2 is 1.97 bits per heavy atom. The largest absolute Gasteiger partial charge is 0.480 e. The average molecular weight is 589 g/mol. The molecule has 0 spiro atoms. The summed E-state index contributed by atoms with van der Waals surface area (Å²) in [5.41, 5.74) is 13.6. The molecule has 1 aromatic heterocycles. The van der Waals surface area contributed by atoms with Crippen molar-refractivity contribution < 1.29 is 32.5 Å². The molecule has 212 valence electrons. The van der Waals surface area contributed by atoms with E-state index in [1.807, 2.05) is 6.08 Å². The van der Waals surface area contributed by atoms with Crippen molar-refractivity contribution in [1.29, 1.82) is 0 Å². The standard InChI is InChI=1S/C26H28ClF3N4O4.ClH/c27-17-5-6-18(19(12-17)15-7-9-37-10-8-15)23(26(28,29)30)38-22-13-21(33-25(32)34-22)16-3-1-14(2-4-16)11-20(31)24(35)36;/h3,5-7,12-14,20,23H,1-2,4,8-11,31H2,(H,35,36)(H2,32,33,34);1H/t14?,20-,23+;/m0./s1. The molecule has 0 fully saturated rings. The lowest BCUT2D eigenvalue weighted by Gasteiger charge is -2.26. The van der Waals surface area contributed by atoms with Gasteiger partial charge >= 0.3 is 12.1 Å². The number of halogens is 5. The van der Waals surface area contributed by atoms with E-state index >= 15 is 0 Å². The van der Waals surface area contributed by atoms with Crippen molar-refractivity contribution in [3.05, 3.63) is 58.3 Å². The number of carbonyl (C=O) groups is 1. The fraction of sp³-hybridized carbons (Fsp3) is 0.423. The van der Waals surface area contributed by atoms with E-state index in [9.17, 15) is 18.0 Å². The van der Waals surface area contributed by atoms with Crippen molar-refractivity contribution in [1.82, 2.24) is 9.97 Å². The van der Waals surface area contributed by atoms with Gasteiger partial charge in [-0.1, -0.05) is 29.8 Å². The Labute approximate surface area is 234 Å². The van der Waals surface area contributed by atoms with Gasteiger partial charge in [0.15, 0.2) is 0 Å². The number of alkyl halides is 3. The van der Waals surface area contributed by atoms with Gasteiger partial charge in [0, 0.05) is 16.7 Å². The topological polar surface area (TPSA) is 134 Å². The summed E-state index contributed by atoms with van der Waals surface area (Å²) < 4.78 is 53.9. The summed E-state index contributed by atoms with van der Waals surface area (Å²) in [5, 5.41) is 9.34. The number of aliphatic carboxylic acids is 1. The highest BCUT2D eigenvalue weighted by Gasteiger charge is 2.45. The second-order valence-electron chi connectivity index (χ2n) is 9.33. The first kappa shape index (κ1) is 30.7. The lowest BCUT2D eigenvalue weighted by molar-refractivity contribution is -0.198. The van der Waals surface area contributed by atoms with Crippen LogP contribution in [0.5, 0.6) is 5.88 Å². The number of nitrogen functional groups attached to an aromatic ring is 1. The maximum atomic E-state index is 14.4. The minimum atomic E-state index is -4.77. The van der Waals surface area contributed by atoms with Crippen LogP contribution in [0.3, 0.4) is 0 Å². The van der Waals surface area contributed by atoms with Gasteiger partial charge in [0.05, 0.1) is 18.9 Å². The number of allylic oxidation sites excluding steroid dienone is 2. The molecule has 8 nitrogen and oxygen atoms in total. The molecule has 5 N–H and O–H groups in total. The lowest BCUT2D eigenvalue weighted by atomic mass is 9.84. The molecule has 1 unspecified atom stereocenters. The van der Waals surface area contributed by atoms with Crippen LogP contribution >= 0.6 is 24.0 Å². The molecule has 3 atom stereocenters. The summed E-state index contributed by atoms with van der Waals surface area (Å²) in [4.78, 5) is 19.2. The van der Waals surface area contributed by atoms with Gasteiger partial charge in [0.25, 0.3) is 0 Å². The molecule has 4 rings (SSSR count). The highest BCUT2D eigenvalue weighted by atomic mass is 35.5. The van der Waals surface area contributed by atoms with Crippen LogP contribution in [0.15, 0.2) is 36.4 Å². The molecular weight excluding hydrogens is 560 g/mol. The van der Waals surface area contributed by atoms with Gasteiger partial charge in [-0.25, -0.2) is 4.98 Å². The molecule has 0 radical (unpaired) electrons. The van der Waals surface area contributed by atoms with Crippen molar-refractivity contribution in [3.63, 3.8) is 0 Å². The Bertz CT molecular complexity index is 1260. The lowest BCUT2D eigenvalue weighted by Crippen LogP contribution is -2.32. The molecule has 0 saturated carbocycles. The molecular formula is C26H29Cl2F3N4O4. The van der Waals surface area contributed by atoms with Gasteiger partial charge in [-0.2, -0.15) is 18.2 Å². The Morgan fingerprint density at radius 1 is 1.21 bits per heavy atom. The molecule has 1 aliphatic heterocycles. The van der Waals surface area contributed by atoms with Crippen LogP contribution in [-0.2, 0) is 9.53 Å². The van der Waals surface area contributed by atoms with Crippen molar-refractivity contribution in [2.45, 2.75) is 50.4 Å². The van der Waals surface area contributed by atoms with Crippen molar-refractivity contribution >= 4 is 47.1 Å². The SMILES string of the molecule is Cl.Nc1nc(O[C@H](c2ccc(Cl)cc2C2=CCOCC2)C(F)(F)F)cc(C2=CCC(C[C@H](N)C(=O)O)CC2)n1. The van der Waals surface area contributed by atoms with E-state index in [4.69, 9.17) is 37.6 Å². The third kappa shape index (κ3) is 7.84. The molecule has 1 aliphatic carbocycles. The van der Waals surface area contributed by atoms with Crippen molar-refractivity contribution in [2.24, 2.45) is 11.7 Å². The second-order valence-corrected chi connectivity index (χ2v) is 9.76. The molecule has 1 aromatic carbocycles. The molecule has 0 amide bonds. The number of carboxylic acids is 1. The first-order valence-electron chi connectivity index (χ1n) is 12.1.